The summed E-state index contributed by atoms with van der Waals surface area (Å²) in [4.78, 5) is 1.82. The Bertz CT molecular complexity index is 442. The molecule has 5 nitrogen and oxygen atoms in total. The molecule has 0 aliphatic carbocycles. The number of hydrogen-bond donors (Lipinski definition) is 0. The number of nitrogens with zero attached hydrogens (tertiary/aromatic N) is 5. The Morgan fingerprint density at radius 3 is 2.71 bits per heavy atom. The van der Waals surface area contributed by atoms with Crippen LogP contribution in [-0.4, -0.2) is 27.8 Å². The fourth-order valence-electron chi connectivity index (χ4n) is 2.18. The molecule has 17 heavy (non-hydrogen) atoms. The molecule has 1 aliphatic heterocycles. The van der Waals surface area contributed by atoms with E-state index in [0.717, 1.165) is 38.9 Å². The van der Waals surface area contributed by atoms with Gasteiger partial charge in [-0.3, -0.25) is 4.68 Å². The normalized spacial score (nSPS) is 16.5. The fraction of sp³-hybridized carbons (Fsp3) is 0.583. The zero-order valence-electron chi connectivity index (χ0n) is 9.71. The number of hydrogen-bond acceptors (Lipinski definition) is 4. The van der Waals surface area contributed by atoms with Crippen LogP contribution < -0.4 is 0 Å². The molecule has 0 aromatic carbocycles. The fourth-order valence-corrected chi connectivity index (χ4v) is 2.18. The van der Waals surface area contributed by atoms with Crippen LogP contribution in [0.1, 0.15) is 24.8 Å². The molecule has 1 aliphatic rings. The maximum absolute atomic E-state index is 8.75. The summed E-state index contributed by atoms with van der Waals surface area (Å²) in [6, 6.07) is 2.07. The van der Waals surface area contributed by atoms with Crippen molar-refractivity contribution >= 4 is 0 Å². The van der Waals surface area contributed by atoms with Gasteiger partial charge in [0.15, 0.2) is 6.19 Å². The van der Waals surface area contributed by atoms with Crippen LogP contribution in [0.2, 0.25) is 0 Å². The highest BCUT2D eigenvalue weighted by Crippen LogP contribution is 2.20. The van der Waals surface area contributed by atoms with Gasteiger partial charge in [-0.1, -0.05) is 0 Å². The highest BCUT2D eigenvalue weighted by molar-refractivity contribution is 5.21. The Labute approximate surface area is 101 Å². The highest BCUT2D eigenvalue weighted by atomic mass is 15.3. The minimum atomic E-state index is 0.615. The molecule has 2 rings (SSSR count). The molecular formula is C12H15N5. The van der Waals surface area contributed by atoms with Gasteiger partial charge in [0.25, 0.3) is 0 Å². The Morgan fingerprint density at radius 1 is 1.35 bits per heavy atom. The first-order chi connectivity index (χ1) is 8.31. The van der Waals surface area contributed by atoms with Crippen molar-refractivity contribution < 1.29 is 0 Å². The summed E-state index contributed by atoms with van der Waals surface area (Å²) in [5.41, 5.74) is 0.615. The molecular weight excluding hydrogens is 214 g/mol. The van der Waals surface area contributed by atoms with E-state index in [1.54, 1.807) is 12.4 Å². The Kier molecular flexibility index (Phi) is 3.62. The summed E-state index contributed by atoms with van der Waals surface area (Å²) < 4.78 is 1.83. The van der Waals surface area contributed by atoms with Gasteiger partial charge in [-0.25, -0.2) is 0 Å². The van der Waals surface area contributed by atoms with E-state index >= 15 is 0 Å². The van der Waals surface area contributed by atoms with E-state index in [2.05, 4.69) is 17.4 Å². The molecule has 0 atom stereocenters. The van der Waals surface area contributed by atoms with Crippen molar-refractivity contribution in [2.45, 2.75) is 25.8 Å². The largest absolute Gasteiger partial charge is 0.311 e. The Hall–Kier alpha value is -2.01. The van der Waals surface area contributed by atoms with Crippen molar-refractivity contribution in [3.05, 3.63) is 18.0 Å². The molecule has 1 saturated heterocycles. The maximum Gasteiger partial charge on any atom is 0.179 e. The lowest BCUT2D eigenvalue weighted by Crippen LogP contribution is -2.30. The zero-order valence-corrected chi connectivity index (χ0v) is 9.71. The molecule has 0 spiro atoms. The molecule has 0 N–H and O–H groups in total. The molecule has 0 radical (unpaired) electrons. The van der Waals surface area contributed by atoms with E-state index in [1.807, 2.05) is 9.58 Å². The van der Waals surface area contributed by atoms with E-state index in [1.165, 1.54) is 0 Å². The number of nitriles is 2. The summed E-state index contributed by atoms with van der Waals surface area (Å²) in [5, 5.41) is 21.6. The summed E-state index contributed by atoms with van der Waals surface area (Å²) in [6.45, 7) is 2.62. The lowest BCUT2D eigenvalue weighted by Gasteiger charge is -2.27. The lowest BCUT2D eigenvalue weighted by molar-refractivity contribution is 0.235. The van der Waals surface area contributed by atoms with Crippen molar-refractivity contribution in [3.63, 3.8) is 0 Å². The van der Waals surface area contributed by atoms with Gasteiger partial charge in [0.05, 0.1) is 11.8 Å². The number of piperidine rings is 1. The van der Waals surface area contributed by atoms with Crippen LogP contribution in [0.3, 0.4) is 0 Å². The quantitative estimate of drug-likeness (QED) is 0.733. The molecule has 0 bridgehead atoms. The van der Waals surface area contributed by atoms with Crippen LogP contribution in [0.5, 0.6) is 0 Å². The second-order valence-electron chi connectivity index (χ2n) is 4.42. The molecule has 1 aromatic heterocycles. The second-order valence-corrected chi connectivity index (χ2v) is 4.42. The molecule has 1 fully saturated rings. The SMILES string of the molecule is N#Cc1cnn(CCC2CCN(C#N)CC2)c1. The van der Waals surface area contributed by atoms with E-state index in [-0.39, 0.29) is 0 Å². The predicted octanol–water partition coefficient (Wildman–Crippen LogP) is 1.34. The molecule has 0 unspecified atom stereocenters. The van der Waals surface area contributed by atoms with E-state index in [4.69, 9.17) is 10.5 Å². The van der Waals surface area contributed by atoms with E-state index < -0.39 is 0 Å². The minimum absolute atomic E-state index is 0.615. The molecule has 88 valence electrons. The average molecular weight is 229 g/mol. The van der Waals surface area contributed by atoms with Gasteiger partial charge in [0, 0.05) is 25.8 Å². The smallest absolute Gasteiger partial charge is 0.179 e. The summed E-state index contributed by atoms with van der Waals surface area (Å²) in [7, 11) is 0. The standard InChI is InChI=1S/C12H15N5/c13-7-12-8-15-17(9-12)6-3-11-1-4-16(10-14)5-2-11/h8-9,11H,1-6H2. The van der Waals surface area contributed by atoms with Crippen LogP contribution in [-0.2, 0) is 6.54 Å². The minimum Gasteiger partial charge on any atom is -0.311 e. The van der Waals surface area contributed by atoms with Crippen LogP contribution in [0, 0.1) is 28.7 Å². The number of likely N-dealkylation sites (tertiary alicyclic amines) is 1. The van der Waals surface area contributed by atoms with E-state index in [0.29, 0.717) is 11.5 Å². The summed E-state index contributed by atoms with van der Waals surface area (Å²) in [5.74, 6) is 0.675. The molecule has 2 heterocycles. The predicted molar refractivity (Wildman–Crippen MR) is 61.5 cm³/mol. The molecule has 1 aromatic rings. The number of aromatic nitrogens is 2. The maximum atomic E-state index is 8.75. The Balaban J connectivity index is 1.76. The molecule has 0 amide bonds. The van der Waals surface area contributed by atoms with Crippen LogP contribution in [0.25, 0.3) is 0 Å². The van der Waals surface area contributed by atoms with Gasteiger partial charge in [-0.15, -0.1) is 0 Å². The van der Waals surface area contributed by atoms with Gasteiger partial charge in [-0.05, 0) is 25.2 Å². The third-order valence-electron chi connectivity index (χ3n) is 3.28. The first-order valence-electron chi connectivity index (χ1n) is 5.89. The van der Waals surface area contributed by atoms with Gasteiger partial charge < -0.3 is 4.90 Å². The van der Waals surface area contributed by atoms with Crippen molar-refractivity contribution in [2.75, 3.05) is 13.1 Å². The first kappa shape index (κ1) is 11.5. The van der Waals surface area contributed by atoms with Gasteiger partial charge >= 0.3 is 0 Å². The number of aryl methyl sites for hydroxylation is 1. The summed E-state index contributed by atoms with van der Waals surface area (Å²) >= 11 is 0. The lowest BCUT2D eigenvalue weighted by atomic mass is 9.94. The van der Waals surface area contributed by atoms with Gasteiger partial charge in [0.2, 0.25) is 0 Å². The second kappa shape index (κ2) is 5.36. The topological polar surface area (TPSA) is 68.6 Å². The highest BCUT2D eigenvalue weighted by Gasteiger charge is 2.17. The van der Waals surface area contributed by atoms with E-state index in [9.17, 15) is 0 Å². The van der Waals surface area contributed by atoms with Gasteiger partial charge in [-0.2, -0.15) is 15.6 Å². The van der Waals surface area contributed by atoms with Crippen molar-refractivity contribution in [3.8, 4) is 12.3 Å². The first-order valence-corrected chi connectivity index (χ1v) is 5.89. The van der Waals surface area contributed by atoms with Crippen molar-refractivity contribution in [2.24, 2.45) is 5.92 Å². The molecule has 5 heteroatoms. The van der Waals surface area contributed by atoms with Crippen LogP contribution in [0.15, 0.2) is 12.4 Å². The average Bonchev–Trinajstić information content (AvgIpc) is 2.85. The van der Waals surface area contributed by atoms with Crippen LogP contribution >= 0.6 is 0 Å². The summed E-state index contributed by atoms with van der Waals surface area (Å²) in [6.07, 6.45) is 8.81. The number of rotatable bonds is 3. The third kappa shape index (κ3) is 2.98. The van der Waals surface area contributed by atoms with Crippen molar-refractivity contribution in [1.82, 2.24) is 14.7 Å². The van der Waals surface area contributed by atoms with Crippen LogP contribution in [0.4, 0.5) is 0 Å². The van der Waals surface area contributed by atoms with Crippen molar-refractivity contribution in [1.29, 1.82) is 10.5 Å². The third-order valence-corrected chi connectivity index (χ3v) is 3.28. The Morgan fingerprint density at radius 2 is 2.12 bits per heavy atom. The monoisotopic (exact) mass is 229 g/mol. The van der Waals surface area contributed by atoms with Gasteiger partial charge in [0.1, 0.15) is 6.07 Å². The molecule has 0 saturated carbocycles. The zero-order chi connectivity index (χ0) is 12.1.